The van der Waals surface area contributed by atoms with E-state index in [9.17, 15) is 4.79 Å². The number of esters is 1. The summed E-state index contributed by atoms with van der Waals surface area (Å²) >= 11 is 0. The number of hydrogen-bond donors (Lipinski definition) is 0. The summed E-state index contributed by atoms with van der Waals surface area (Å²) in [5, 5.41) is 0. The van der Waals surface area contributed by atoms with E-state index in [1.54, 1.807) is 0 Å². The number of nitrogens with zero attached hydrogens (tertiary/aromatic N) is 1. The lowest BCUT2D eigenvalue weighted by Crippen LogP contribution is -2.03. The molecule has 0 saturated heterocycles. The smallest absolute Gasteiger partial charge is 0.337 e. The molecule has 21 heavy (non-hydrogen) atoms. The summed E-state index contributed by atoms with van der Waals surface area (Å²) in [4.78, 5) is 16.0. The van der Waals surface area contributed by atoms with E-state index in [0.717, 1.165) is 16.7 Å². The molecule has 2 aromatic rings. The topological polar surface area (TPSA) is 38.7 Å². The molecule has 0 N–H and O–H groups in total. The highest BCUT2D eigenvalue weighted by Gasteiger charge is 2.35. The third-order valence-corrected chi connectivity index (χ3v) is 3.52. The maximum atomic E-state index is 12.2. The van der Waals surface area contributed by atoms with Crippen LogP contribution < -0.4 is 0 Å². The molecule has 0 bridgehead atoms. The van der Waals surface area contributed by atoms with Crippen molar-refractivity contribution < 1.29 is 9.53 Å². The second-order valence-corrected chi connectivity index (χ2v) is 4.84. The summed E-state index contributed by atoms with van der Waals surface area (Å²) in [6.45, 7) is 3.76. The van der Waals surface area contributed by atoms with Gasteiger partial charge < -0.3 is 4.74 Å². The standard InChI is InChI=1S/C18H15NO2/c1-19-12-15-16(13-8-4-2-5-9-13)17(21-18(15)20)14-10-6-3-7-11-14/h2-11,17H,1,12H2. The van der Waals surface area contributed by atoms with Crippen molar-refractivity contribution in [1.82, 2.24) is 0 Å². The first-order chi connectivity index (χ1) is 10.3. The highest BCUT2D eigenvalue weighted by molar-refractivity contribution is 6.03. The Labute approximate surface area is 123 Å². The van der Waals surface area contributed by atoms with E-state index in [0.29, 0.717) is 5.57 Å². The highest BCUT2D eigenvalue weighted by atomic mass is 16.5. The van der Waals surface area contributed by atoms with Gasteiger partial charge in [0.1, 0.15) is 0 Å². The van der Waals surface area contributed by atoms with Crippen LogP contribution in [0.5, 0.6) is 0 Å². The van der Waals surface area contributed by atoms with Crippen molar-refractivity contribution in [3.05, 3.63) is 77.4 Å². The van der Waals surface area contributed by atoms with Crippen molar-refractivity contribution in [2.24, 2.45) is 4.99 Å². The predicted octanol–water partition coefficient (Wildman–Crippen LogP) is 3.44. The summed E-state index contributed by atoms with van der Waals surface area (Å²) in [6.07, 6.45) is -0.377. The monoisotopic (exact) mass is 277 g/mol. The van der Waals surface area contributed by atoms with E-state index in [1.807, 2.05) is 60.7 Å². The van der Waals surface area contributed by atoms with Crippen LogP contribution in [0.2, 0.25) is 0 Å². The van der Waals surface area contributed by atoms with E-state index < -0.39 is 0 Å². The zero-order valence-corrected chi connectivity index (χ0v) is 11.5. The van der Waals surface area contributed by atoms with Crippen LogP contribution in [-0.2, 0) is 9.53 Å². The molecule has 0 saturated carbocycles. The molecule has 2 aromatic carbocycles. The van der Waals surface area contributed by atoms with Crippen molar-refractivity contribution in [2.45, 2.75) is 6.10 Å². The number of carbonyl (C=O) groups is 1. The van der Waals surface area contributed by atoms with Gasteiger partial charge in [-0.2, -0.15) is 0 Å². The minimum absolute atomic E-state index is 0.270. The fraction of sp³-hybridized carbons (Fsp3) is 0.111. The van der Waals surface area contributed by atoms with Gasteiger partial charge in [0.15, 0.2) is 6.10 Å². The predicted molar refractivity (Wildman–Crippen MR) is 83.1 cm³/mol. The Morgan fingerprint density at radius 3 is 2.24 bits per heavy atom. The first kappa shape index (κ1) is 13.3. The maximum Gasteiger partial charge on any atom is 0.337 e. The number of cyclic esters (lactones) is 1. The molecular formula is C18H15NO2. The lowest BCUT2D eigenvalue weighted by Gasteiger charge is -2.15. The van der Waals surface area contributed by atoms with E-state index in [4.69, 9.17) is 4.74 Å². The van der Waals surface area contributed by atoms with Gasteiger partial charge in [-0.05, 0) is 17.8 Å². The normalized spacial score (nSPS) is 17.7. The molecule has 3 rings (SSSR count). The number of ether oxygens (including phenoxy) is 1. The Kier molecular flexibility index (Phi) is 3.65. The first-order valence-electron chi connectivity index (χ1n) is 6.78. The van der Waals surface area contributed by atoms with Crippen LogP contribution in [0.1, 0.15) is 17.2 Å². The van der Waals surface area contributed by atoms with E-state index >= 15 is 0 Å². The minimum atomic E-state index is -0.377. The Hall–Kier alpha value is -2.68. The fourth-order valence-electron chi connectivity index (χ4n) is 2.57. The molecule has 0 aromatic heterocycles. The average molecular weight is 277 g/mol. The van der Waals surface area contributed by atoms with Crippen molar-refractivity contribution in [2.75, 3.05) is 6.54 Å². The Morgan fingerprint density at radius 2 is 1.62 bits per heavy atom. The molecular weight excluding hydrogens is 262 g/mol. The molecule has 0 amide bonds. The molecule has 0 radical (unpaired) electrons. The zero-order valence-electron chi connectivity index (χ0n) is 11.5. The second kappa shape index (κ2) is 5.75. The molecule has 1 heterocycles. The summed E-state index contributed by atoms with van der Waals surface area (Å²) in [7, 11) is 0. The van der Waals surface area contributed by atoms with Gasteiger partial charge in [0, 0.05) is 5.57 Å². The molecule has 0 fully saturated rings. The van der Waals surface area contributed by atoms with Gasteiger partial charge in [-0.25, -0.2) is 4.79 Å². The lowest BCUT2D eigenvalue weighted by atomic mass is 9.93. The maximum absolute atomic E-state index is 12.2. The number of aliphatic imine (C=N–C) groups is 1. The fourth-order valence-corrected chi connectivity index (χ4v) is 2.57. The van der Waals surface area contributed by atoms with Gasteiger partial charge in [-0.3, -0.25) is 4.99 Å². The second-order valence-electron chi connectivity index (χ2n) is 4.84. The molecule has 104 valence electrons. The number of rotatable bonds is 4. The van der Waals surface area contributed by atoms with Crippen molar-refractivity contribution >= 4 is 18.3 Å². The minimum Gasteiger partial charge on any atom is -0.449 e. The first-order valence-corrected chi connectivity index (χ1v) is 6.78. The van der Waals surface area contributed by atoms with Crippen LogP contribution in [0.3, 0.4) is 0 Å². The quantitative estimate of drug-likeness (QED) is 0.634. The summed E-state index contributed by atoms with van der Waals surface area (Å²) in [6, 6.07) is 19.6. The Bertz CT molecular complexity index is 690. The Morgan fingerprint density at radius 1 is 1.00 bits per heavy atom. The highest BCUT2D eigenvalue weighted by Crippen LogP contribution is 2.41. The van der Waals surface area contributed by atoms with Crippen molar-refractivity contribution in [3.8, 4) is 0 Å². The lowest BCUT2D eigenvalue weighted by molar-refractivity contribution is -0.139. The molecule has 3 heteroatoms. The number of benzene rings is 2. The van der Waals surface area contributed by atoms with Crippen LogP contribution in [0.15, 0.2) is 71.2 Å². The summed E-state index contributed by atoms with van der Waals surface area (Å²) < 4.78 is 5.58. The number of carbonyl (C=O) groups excluding carboxylic acids is 1. The molecule has 1 unspecified atom stereocenters. The molecule has 1 atom stereocenters. The van der Waals surface area contributed by atoms with Crippen LogP contribution >= 0.6 is 0 Å². The molecule has 1 aliphatic rings. The SMILES string of the molecule is C=NCC1=C(c2ccccc2)C(c2ccccc2)OC1=O. The van der Waals surface area contributed by atoms with Gasteiger partial charge in [-0.15, -0.1) is 0 Å². The summed E-state index contributed by atoms with van der Waals surface area (Å²) in [5.74, 6) is -0.310. The Balaban J connectivity index is 2.13. The van der Waals surface area contributed by atoms with Crippen LogP contribution in [0.4, 0.5) is 0 Å². The van der Waals surface area contributed by atoms with Crippen molar-refractivity contribution in [3.63, 3.8) is 0 Å². The van der Waals surface area contributed by atoms with E-state index in [-0.39, 0.29) is 18.6 Å². The third-order valence-electron chi connectivity index (χ3n) is 3.52. The van der Waals surface area contributed by atoms with Gasteiger partial charge in [0.05, 0.1) is 12.1 Å². The van der Waals surface area contributed by atoms with Gasteiger partial charge in [0.25, 0.3) is 0 Å². The zero-order chi connectivity index (χ0) is 14.7. The molecule has 3 nitrogen and oxygen atoms in total. The average Bonchev–Trinajstić information content (AvgIpc) is 2.86. The number of hydrogen-bond acceptors (Lipinski definition) is 3. The van der Waals surface area contributed by atoms with E-state index in [2.05, 4.69) is 11.7 Å². The largest absolute Gasteiger partial charge is 0.449 e. The van der Waals surface area contributed by atoms with Crippen LogP contribution in [0.25, 0.3) is 5.57 Å². The van der Waals surface area contributed by atoms with Gasteiger partial charge in [0.2, 0.25) is 0 Å². The molecule has 1 aliphatic heterocycles. The molecule has 0 spiro atoms. The van der Waals surface area contributed by atoms with Gasteiger partial charge >= 0.3 is 5.97 Å². The van der Waals surface area contributed by atoms with Gasteiger partial charge in [-0.1, -0.05) is 60.7 Å². The third kappa shape index (κ3) is 2.50. The summed E-state index contributed by atoms with van der Waals surface area (Å²) in [5.41, 5.74) is 3.42. The van der Waals surface area contributed by atoms with E-state index in [1.165, 1.54) is 0 Å². The van der Waals surface area contributed by atoms with Crippen LogP contribution in [-0.4, -0.2) is 19.2 Å². The van der Waals surface area contributed by atoms with Crippen molar-refractivity contribution in [1.29, 1.82) is 0 Å². The molecule has 0 aliphatic carbocycles. The van der Waals surface area contributed by atoms with Crippen LogP contribution in [0, 0.1) is 0 Å².